The van der Waals surface area contributed by atoms with Crippen LogP contribution in [0.4, 0.5) is 10.1 Å². The number of halogens is 1. The van der Waals surface area contributed by atoms with Gasteiger partial charge in [-0.2, -0.15) is 0 Å². The Morgan fingerprint density at radius 1 is 1.26 bits per heavy atom. The summed E-state index contributed by atoms with van der Waals surface area (Å²) in [6, 6.07) is 4.51. The van der Waals surface area contributed by atoms with Gasteiger partial charge in [0.1, 0.15) is 11.6 Å². The summed E-state index contributed by atoms with van der Waals surface area (Å²) in [7, 11) is 0. The number of carbonyl (C=O) groups is 2. The lowest BCUT2D eigenvalue weighted by Gasteiger charge is -2.08. The Morgan fingerprint density at radius 2 is 2.00 bits per heavy atom. The second-order valence-corrected chi connectivity index (χ2v) is 3.84. The molecule has 6 heteroatoms. The van der Waals surface area contributed by atoms with Crippen LogP contribution in [-0.2, 0) is 0 Å². The maximum absolute atomic E-state index is 13.1. The van der Waals surface area contributed by atoms with E-state index in [0.717, 1.165) is 18.2 Å². The van der Waals surface area contributed by atoms with Crippen molar-refractivity contribution in [3.05, 3.63) is 53.2 Å². The molecule has 2 N–H and O–H groups in total. The molecule has 1 heterocycles. The molecule has 0 spiro atoms. The molecule has 0 fully saturated rings. The smallest absolute Gasteiger partial charge is 0.337 e. The van der Waals surface area contributed by atoms with Crippen LogP contribution in [0.15, 0.2) is 34.9 Å². The van der Waals surface area contributed by atoms with Crippen LogP contribution in [0.25, 0.3) is 0 Å². The fraction of sp³-hybridized carbons (Fsp3) is 0.0769. The first-order valence-corrected chi connectivity index (χ1v) is 5.37. The van der Waals surface area contributed by atoms with E-state index < -0.39 is 17.7 Å². The van der Waals surface area contributed by atoms with E-state index >= 15 is 0 Å². The van der Waals surface area contributed by atoms with Gasteiger partial charge in [-0.3, -0.25) is 4.79 Å². The molecule has 0 saturated heterocycles. The highest BCUT2D eigenvalue weighted by atomic mass is 19.1. The highest BCUT2D eigenvalue weighted by Gasteiger charge is 2.16. The molecular weight excluding hydrogens is 253 g/mol. The Kier molecular flexibility index (Phi) is 3.33. The van der Waals surface area contributed by atoms with E-state index in [1.165, 1.54) is 12.3 Å². The Hall–Kier alpha value is -2.63. The number of furan rings is 1. The fourth-order valence-corrected chi connectivity index (χ4v) is 1.62. The van der Waals surface area contributed by atoms with Crippen molar-refractivity contribution in [3.63, 3.8) is 0 Å². The van der Waals surface area contributed by atoms with Crippen LogP contribution in [0.2, 0.25) is 0 Å². The number of carboxylic acids is 1. The molecule has 2 rings (SSSR count). The second-order valence-electron chi connectivity index (χ2n) is 3.84. The SMILES string of the molecule is Cc1occc1C(=O)Nc1cc(F)ccc1C(=O)O. The van der Waals surface area contributed by atoms with E-state index in [0.29, 0.717) is 5.76 Å². The largest absolute Gasteiger partial charge is 0.478 e. The predicted octanol–water partition coefficient (Wildman–Crippen LogP) is 2.68. The first-order valence-electron chi connectivity index (χ1n) is 5.37. The Bertz CT molecular complexity index is 648. The molecule has 1 aromatic heterocycles. The number of amides is 1. The van der Waals surface area contributed by atoms with Crippen LogP contribution in [0.5, 0.6) is 0 Å². The molecule has 0 aliphatic carbocycles. The summed E-state index contributed by atoms with van der Waals surface area (Å²) in [6.07, 6.45) is 1.34. The van der Waals surface area contributed by atoms with Gasteiger partial charge in [-0.05, 0) is 31.2 Å². The van der Waals surface area contributed by atoms with E-state index in [9.17, 15) is 14.0 Å². The van der Waals surface area contributed by atoms with Crippen molar-refractivity contribution < 1.29 is 23.5 Å². The van der Waals surface area contributed by atoms with E-state index in [2.05, 4.69) is 5.32 Å². The minimum atomic E-state index is -1.25. The number of benzene rings is 1. The maximum atomic E-state index is 13.1. The number of nitrogens with one attached hydrogen (secondary N) is 1. The molecule has 5 nitrogen and oxygen atoms in total. The van der Waals surface area contributed by atoms with Crippen LogP contribution in [-0.4, -0.2) is 17.0 Å². The van der Waals surface area contributed by atoms with Gasteiger partial charge in [0.05, 0.1) is 23.1 Å². The average molecular weight is 263 g/mol. The van der Waals surface area contributed by atoms with Crippen LogP contribution < -0.4 is 5.32 Å². The lowest BCUT2D eigenvalue weighted by atomic mass is 10.1. The van der Waals surface area contributed by atoms with Crippen LogP contribution in [0.1, 0.15) is 26.5 Å². The summed E-state index contributed by atoms with van der Waals surface area (Å²) in [4.78, 5) is 22.9. The van der Waals surface area contributed by atoms with Gasteiger partial charge in [-0.25, -0.2) is 9.18 Å². The Labute approximate surface area is 107 Å². The fourth-order valence-electron chi connectivity index (χ4n) is 1.62. The molecule has 19 heavy (non-hydrogen) atoms. The minimum absolute atomic E-state index is 0.0990. The van der Waals surface area contributed by atoms with E-state index in [4.69, 9.17) is 9.52 Å². The second kappa shape index (κ2) is 4.93. The van der Waals surface area contributed by atoms with Crippen LogP contribution in [0, 0.1) is 12.7 Å². The van der Waals surface area contributed by atoms with Gasteiger partial charge in [0.2, 0.25) is 0 Å². The zero-order chi connectivity index (χ0) is 14.0. The molecule has 0 unspecified atom stereocenters. The quantitative estimate of drug-likeness (QED) is 0.892. The zero-order valence-electron chi connectivity index (χ0n) is 9.94. The van der Waals surface area contributed by atoms with Crippen molar-refractivity contribution in [2.75, 3.05) is 5.32 Å². The van der Waals surface area contributed by atoms with Gasteiger partial charge in [0.15, 0.2) is 0 Å². The monoisotopic (exact) mass is 263 g/mol. The molecule has 0 atom stereocenters. The van der Waals surface area contributed by atoms with Crippen molar-refractivity contribution in [1.29, 1.82) is 0 Å². The summed E-state index contributed by atoms with van der Waals surface area (Å²) < 4.78 is 18.1. The van der Waals surface area contributed by atoms with Crippen molar-refractivity contribution in [1.82, 2.24) is 0 Å². The molecule has 0 radical (unpaired) electrons. The average Bonchev–Trinajstić information content (AvgIpc) is 2.75. The highest BCUT2D eigenvalue weighted by molar-refractivity contribution is 6.08. The number of hydrogen-bond donors (Lipinski definition) is 2. The summed E-state index contributed by atoms with van der Waals surface area (Å²) in [5.41, 5.74) is -0.0189. The normalized spacial score (nSPS) is 10.2. The molecule has 0 saturated carbocycles. The van der Waals surface area contributed by atoms with Crippen molar-refractivity contribution in [2.24, 2.45) is 0 Å². The predicted molar refractivity (Wildman–Crippen MR) is 64.8 cm³/mol. The lowest BCUT2D eigenvalue weighted by molar-refractivity contribution is 0.0698. The third kappa shape index (κ3) is 2.62. The summed E-state index contributed by atoms with van der Waals surface area (Å²) in [5.74, 6) is -2.05. The molecular formula is C13H10FNO4. The number of carboxylic acid groups (broad SMARTS) is 1. The van der Waals surface area contributed by atoms with Crippen LogP contribution in [0.3, 0.4) is 0 Å². The lowest BCUT2D eigenvalue weighted by Crippen LogP contribution is -2.15. The van der Waals surface area contributed by atoms with Gasteiger partial charge in [-0.1, -0.05) is 0 Å². The minimum Gasteiger partial charge on any atom is -0.478 e. The third-order valence-electron chi connectivity index (χ3n) is 2.56. The zero-order valence-corrected chi connectivity index (χ0v) is 9.94. The number of carbonyl (C=O) groups excluding carboxylic acids is 1. The molecule has 0 aliphatic rings. The first-order chi connectivity index (χ1) is 8.99. The van der Waals surface area contributed by atoms with E-state index in [1.807, 2.05) is 0 Å². The van der Waals surface area contributed by atoms with Gasteiger partial charge < -0.3 is 14.8 Å². The maximum Gasteiger partial charge on any atom is 0.337 e. The standard InChI is InChI=1S/C13H10FNO4/c1-7-9(4-5-19-7)12(16)15-11-6-8(14)2-3-10(11)13(17)18/h2-6H,1H3,(H,15,16)(H,17,18). The van der Waals surface area contributed by atoms with E-state index in [1.54, 1.807) is 6.92 Å². The highest BCUT2D eigenvalue weighted by Crippen LogP contribution is 2.19. The Morgan fingerprint density at radius 3 is 2.58 bits per heavy atom. The molecule has 98 valence electrons. The number of hydrogen-bond acceptors (Lipinski definition) is 3. The topological polar surface area (TPSA) is 79.5 Å². The molecule has 0 aliphatic heterocycles. The van der Waals surface area contributed by atoms with Gasteiger partial charge in [-0.15, -0.1) is 0 Å². The van der Waals surface area contributed by atoms with Gasteiger partial charge >= 0.3 is 5.97 Å². The molecule has 2 aromatic rings. The number of anilines is 1. The van der Waals surface area contributed by atoms with Crippen molar-refractivity contribution in [3.8, 4) is 0 Å². The summed E-state index contributed by atoms with van der Waals surface area (Å²) >= 11 is 0. The van der Waals surface area contributed by atoms with Crippen LogP contribution >= 0.6 is 0 Å². The van der Waals surface area contributed by atoms with Gasteiger partial charge in [0, 0.05) is 0 Å². The summed E-state index contributed by atoms with van der Waals surface area (Å²) in [6.45, 7) is 1.60. The number of aromatic carboxylic acids is 1. The number of aryl methyl sites for hydroxylation is 1. The van der Waals surface area contributed by atoms with E-state index in [-0.39, 0.29) is 16.8 Å². The molecule has 1 aromatic carbocycles. The first kappa shape index (κ1) is 12.8. The summed E-state index contributed by atoms with van der Waals surface area (Å²) in [5, 5.41) is 11.3. The Balaban J connectivity index is 2.33. The van der Waals surface area contributed by atoms with Gasteiger partial charge in [0.25, 0.3) is 5.91 Å². The van der Waals surface area contributed by atoms with Crippen molar-refractivity contribution >= 4 is 17.6 Å². The van der Waals surface area contributed by atoms with Crippen molar-refractivity contribution in [2.45, 2.75) is 6.92 Å². The third-order valence-corrected chi connectivity index (χ3v) is 2.56. The number of rotatable bonds is 3. The molecule has 1 amide bonds. The molecule has 0 bridgehead atoms.